The molecule has 2 aromatic rings. The lowest BCUT2D eigenvalue weighted by Crippen LogP contribution is -2.28. The molecule has 84 valence electrons. The minimum absolute atomic E-state index is 0.246. The van der Waals surface area contributed by atoms with E-state index >= 15 is 0 Å². The van der Waals surface area contributed by atoms with Gasteiger partial charge < -0.3 is 0 Å². The minimum atomic E-state index is 0.246. The molecule has 1 unspecified atom stereocenters. The van der Waals surface area contributed by atoms with Gasteiger partial charge >= 0.3 is 0 Å². The zero-order chi connectivity index (χ0) is 11.4. The van der Waals surface area contributed by atoms with E-state index in [0.717, 1.165) is 12.8 Å². The fraction of sp³-hybridized carbons (Fsp3) is 0.286. The summed E-state index contributed by atoms with van der Waals surface area (Å²) < 4.78 is 0. The predicted molar refractivity (Wildman–Crippen MR) is 68.9 cm³/mol. The van der Waals surface area contributed by atoms with Crippen molar-refractivity contribution < 1.29 is 0 Å². The summed E-state index contributed by atoms with van der Waals surface area (Å²) in [6.45, 7) is 2.18. The number of hydrogen-bond acceptors (Lipinski definition) is 2. The van der Waals surface area contributed by atoms with Crippen LogP contribution in [0.3, 0.4) is 0 Å². The fourth-order valence-corrected chi connectivity index (χ4v) is 2.17. The summed E-state index contributed by atoms with van der Waals surface area (Å²) in [5.41, 5.74) is 4.21. The third kappa shape index (κ3) is 2.08. The normalized spacial score (nSPS) is 12.9. The molecule has 0 aliphatic heterocycles. The maximum Gasteiger partial charge on any atom is 0.0466 e. The highest BCUT2D eigenvalue weighted by Gasteiger charge is 2.10. The largest absolute Gasteiger partial charge is 0.271 e. The fourth-order valence-electron chi connectivity index (χ4n) is 2.17. The van der Waals surface area contributed by atoms with Crippen LogP contribution in [0.4, 0.5) is 0 Å². The average molecular weight is 214 g/mol. The topological polar surface area (TPSA) is 38.0 Å². The zero-order valence-corrected chi connectivity index (χ0v) is 9.61. The second-order valence-electron chi connectivity index (χ2n) is 4.08. The Morgan fingerprint density at radius 1 is 1.12 bits per heavy atom. The molecule has 0 bridgehead atoms. The quantitative estimate of drug-likeness (QED) is 0.606. The maximum atomic E-state index is 5.63. The van der Waals surface area contributed by atoms with Gasteiger partial charge in [0.25, 0.3) is 0 Å². The molecule has 0 radical (unpaired) electrons. The molecule has 0 saturated carbocycles. The van der Waals surface area contributed by atoms with E-state index in [1.54, 1.807) is 0 Å². The lowest BCUT2D eigenvalue weighted by Gasteiger charge is -2.17. The van der Waals surface area contributed by atoms with Gasteiger partial charge in [0, 0.05) is 6.04 Å². The molecular formula is C14H18N2. The average Bonchev–Trinajstić information content (AvgIpc) is 2.35. The van der Waals surface area contributed by atoms with Crippen LogP contribution in [-0.4, -0.2) is 0 Å². The molecule has 0 heterocycles. The summed E-state index contributed by atoms with van der Waals surface area (Å²) in [5.74, 6) is 5.63. The van der Waals surface area contributed by atoms with Crippen molar-refractivity contribution in [2.24, 2.45) is 5.84 Å². The molecule has 2 heteroatoms. The standard InChI is InChI=1S/C14H18N2/c1-2-6-14(16-15)13-10-5-8-11-7-3-4-9-12(11)13/h3-5,7-10,14,16H,2,6,15H2,1H3. The first-order valence-electron chi connectivity index (χ1n) is 5.80. The van der Waals surface area contributed by atoms with Gasteiger partial charge in [0.2, 0.25) is 0 Å². The van der Waals surface area contributed by atoms with E-state index in [9.17, 15) is 0 Å². The molecule has 0 aromatic heterocycles. The Labute approximate surface area is 96.4 Å². The molecule has 0 aliphatic rings. The molecule has 16 heavy (non-hydrogen) atoms. The first-order valence-corrected chi connectivity index (χ1v) is 5.80. The molecule has 0 amide bonds. The van der Waals surface area contributed by atoms with Crippen molar-refractivity contribution in [2.45, 2.75) is 25.8 Å². The Bertz CT molecular complexity index is 460. The lowest BCUT2D eigenvalue weighted by molar-refractivity contribution is 0.513. The summed E-state index contributed by atoms with van der Waals surface area (Å²) in [6.07, 6.45) is 2.18. The highest BCUT2D eigenvalue weighted by molar-refractivity contribution is 5.86. The van der Waals surface area contributed by atoms with Crippen molar-refractivity contribution in [3.8, 4) is 0 Å². The molecule has 2 aromatic carbocycles. The van der Waals surface area contributed by atoms with E-state index in [1.165, 1.54) is 16.3 Å². The van der Waals surface area contributed by atoms with Crippen LogP contribution in [0.15, 0.2) is 42.5 Å². The Morgan fingerprint density at radius 3 is 2.62 bits per heavy atom. The first-order chi connectivity index (χ1) is 7.86. The Hall–Kier alpha value is -1.38. The van der Waals surface area contributed by atoms with Gasteiger partial charge in [-0.05, 0) is 22.8 Å². The minimum Gasteiger partial charge on any atom is -0.271 e. The maximum absolute atomic E-state index is 5.63. The van der Waals surface area contributed by atoms with Gasteiger partial charge in [-0.1, -0.05) is 55.8 Å². The van der Waals surface area contributed by atoms with E-state index in [1.807, 2.05) is 0 Å². The Kier molecular flexibility index (Phi) is 3.54. The molecule has 0 fully saturated rings. The Morgan fingerprint density at radius 2 is 1.88 bits per heavy atom. The first kappa shape index (κ1) is 11.1. The summed E-state index contributed by atoms with van der Waals surface area (Å²) in [5, 5.41) is 2.57. The molecule has 2 rings (SSSR count). The van der Waals surface area contributed by atoms with Crippen molar-refractivity contribution >= 4 is 10.8 Å². The van der Waals surface area contributed by atoms with Crippen LogP contribution >= 0.6 is 0 Å². The molecule has 2 nitrogen and oxygen atoms in total. The highest BCUT2D eigenvalue weighted by Crippen LogP contribution is 2.26. The third-order valence-corrected chi connectivity index (χ3v) is 2.98. The van der Waals surface area contributed by atoms with Gasteiger partial charge in [-0.15, -0.1) is 0 Å². The number of hydrazine groups is 1. The molecule has 0 spiro atoms. The van der Waals surface area contributed by atoms with E-state index < -0.39 is 0 Å². The third-order valence-electron chi connectivity index (χ3n) is 2.98. The Balaban J connectivity index is 2.50. The second-order valence-corrected chi connectivity index (χ2v) is 4.08. The van der Waals surface area contributed by atoms with E-state index in [-0.39, 0.29) is 6.04 Å². The summed E-state index contributed by atoms with van der Waals surface area (Å²) in [6, 6.07) is 15.1. The number of benzene rings is 2. The lowest BCUT2D eigenvalue weighted by atomic mass is 9.96. The van der Waals surface area contributed by atoms with Crippen molar-refractivity contribution in [1.82, 2.24) is 5.43 Å². The van der Waals surface area contributed by atoms with Gasteiger partial charge in [0.1, 0.15) is 0 Å². The van der Waals surface area contributed by atoms with E-state index in [2.05, 4.69) is 54.8 Å². The molecule has 0 aliphatic carbocycles. The van der Waals surface area contributed by atoms with Gasteiger partial charge in [0.15, 0.2) is 0 Å². The van der Waals surface area contributed by atoms with Crippen molar-refractivity contribution in [3.05, 3.63) is 48.0 Å². The van der Waals surface area contributed by atoms with Crippen LogP contribution < -0.4 is 11.3 Å². The predicted octanol–water partition coefficient (Wildman–Crippen LogP) is 3.14. The number of nitrogens with two attached hydrogens (primary N) is 1. The summed E-state index contributed by atoms with van der Waals surface area (Å²) >= 11 is 0. The van der Waals surface area contributed by atoms with Gasteiger partial charge in [0.05, 0.1) is 0 Å². The molecule has 3 N–H and O–H groups in total. The monoisotopic (exact) mass is 214 g/mol. The summed E-state index contributed by atoms with van der Waals surface area (Å²) in [7, 11) is 0. The van der Waals surface area contributed by atoms with Crippen molar-refractivity contribution in [3.63, 3.8) is 0 Å². The zero-order valence-electron chi connectivity index (χ0n) is 9.61. The van der Waals surface area contributed by atoms with Gasteiger partial charge in [-0.2, -0.15) is 0 Å². The molecular weight excluding hydrogens is 196 g/mol. The van der Waals surface area contributed by atoms with Crippen LogP contribution in [0.25, 0.3) is 10.8 Å². The van der Waals surface area contributed by atoms with Crippen LogP contribution in [0.1, 0.15) is 31.4 Å². The second kappa shape index (κ2) is 5.10. The number of fused-ring (bicyclic) bond motifs is 1. The van der Waals surface area contributed by atoms with E-state index in [0.29, 0.717) is 0 Å². The van der Waals surface area contributed by atoms with Crippen LogP contribution in [0.5, 0.6) is 0 Å². The highest BCUT2D eigenvalue weighted by atomic mass is 15.2. The van der Waals surface area contributed by atoms with Crippen molar-refractivity contribution in [2.75, 3.05) is 0 Å². The molecule has 1 atom stereocenters. The number of hydrogen-bond donors (Lipinski definition) is 2. The number of rotatable bonds is 4. The smallest absolute Gasteiger partial charge is 0.0466 e. The van der Waals surface area contributed by atoms with Crippen LogP contribution in [-0.2, 0) is 0 Å². The van der Waals surface area contributed by atoms with Gasteiger partial charge in [-0.3, -0.25) is 11.3 Å². The van der Waals surface area contributed by atoms with Crippen LogP contribution in [0.2, 0.25) is 0 Å². The van der Waals surface area contributed by atoms with Crippen LogP contribution in [0, 0.1) is 0 Å². The number of nitrogens with one attached hydrogen (secondary N) is 1. The SMILES string of the molecule is CCCC(NN)c1cccc2ccccc12. The molecule has 0 saturated heterocycles. The van der Waals surface area contributed by atoms with Crippen molar-refractivity contribution in [1.29, 1.82) is 0 Å². The van der Waals surface area contributed by atoms with E-state index in [4.69, 9.17) is 5.84 Å². The summed E-state index contributed by atoms with van der Waals surface area (Å²) in [4.78, 5) is 0. The van der Waals surface area contributed by atoms with Gasteiger partial charge in [-0.25, -0.2) is 0 Å².